The number of rotatable bonds is 6. The maximum atomic E-state index is 12.4. The van der Waals surface area contributed by atoms with Crippen LogP contribution in [0.15, 0.2) is 48.7 Å². The maximum absolute atomic E-state index is 12.4. The van der Waals surface area contributed by atoms with Gasteiger partial charge in [-0.05, 0) is 43.2 Å². The van der Waals surface area contributed by atoms with E-state index in [4.69, 9.17) is 0 Å². The second kappa shape index (κ2) is 8.39. The third kappa shape index (κ3) is 4.45. The average Bonchev–Trinajstić information content (AvgIpc) is 3.28. The van der Waals surface area contributed by atoms with Crippen LogP contribution in [0.2, 0.25) is 0 Å². The number of pyridine rings is 1. The molecule has 0 spiro atoms. The second-order valence-electron chi connectivity index (χ2n) is 7.38. The van der Waals surface area contributed by atoms with Crippen LogP contribution in [0, 0.1) is 13.8 Å². The van der Waals surface area contributed by atoms with Crippen molar-refractivity contribution in [2.75, 3.05) is 6.54 Å². The summed E-state index contributed by atoms with van der Waals surface area (Å²) < 4.78 is 1.73. The SMILES string of the molecule is Cc1cc(C)n(-c2ccc(C(=O)NCc3ccc(CN4C(=O)CNC4=O)cc3)cn2)n1. The van der Waals surface area contributed by atoms with Crippen molar-refractivity contribution in [3.63, 3.8) is 0 Å². The second-order valence-corrected chi connectivity index (χ2v) is 7.38. The van der Waals surface area contributed by atoms with Crippen LogP contribution in [0.25, 0.3) is 5.82 Å². The molecule has 1 fully saturated rings. The largest absolute Gasteiger partial charge is 0.348 e. The minimum Gasteiger partial charge on any atom is -0.348 e. The Morgan fingerprint density at radius 3 is 2.42 bits per heavy atom. The molecule has 0 saturated carbocycles. The molecule has 0 atom stereocenters. The van der Waals surface area contributed by atoms with Gasteiger partial charge in [0.15, 0.2) is 5.82 Å². The smallest absolute Gasteiger partial charge is 0.324 e. The number of aromatic nitrogens is 3. The fourth-order valence-corrected chi connectivity index (χ4v) is 3.35. The number of hydrogen-bond donors (Lipinski definition) is 2. The number of aryl methyl sites for hydroxylation is 2. The fraction of sp³-hybridized carbons (Fsp3) is 0.227. The number of benzene rings is 1. The first-order chi connectivity index (χ1) is 14.9. The summed E-state index contributed by atoms with van der Waals surface area (Å²) in [6.45, 7) is 4.48. The third-order valence-electron chi connectivity index (χ3n) is 4.99. The summed E-state index contributed by atoms with van der Waals surface area (Å²) in [6, 6.07) is 12.5. The molecule has 31 heavy (non-hydrogen) atoms. The predicted octanol–water partition coefficient (Wildman–Crippen LogP) is 1.87. The summed E-state index contributed by atoms with van der Waals surface area (Å²) in [5.41, 5.74) is 4.08. The van der Waals surface area contributed by atoms with Gasteiger partial charge in [0, 0.05) is 18.4 Å². The molecular weight excluding hydrogens is 396 g/mol. The summed E-state index contributed by atoms with van der Waals surface area (Å²) in [6.07, 6.45) is 1.53. The zero-order chi connectivity index (χ0) is 22.0. The van der Waals surface area contributed by atoms with Gasteiger partial charge >= 0.3 is 6.03 Å². The van der Waals surface area contributed by atoms with E-state index in [-0.39, 0.29) is 30.9 Å². The van der Waals surface area contributed by atoms with E-state index in [1.165, 1.54) is 11.1 Å². The zero-order valence-corrected chi connectivity index (χ0v) is 17.3. The lowest BCUT2D eigenvalue weighted by atomic mass is 10.1. The molecule has 1 aliphatic rings. The van der Waals surface area contributed by atoms with Gasteiger partial charge in [-0.25, -0.2) is 14.5 Å². The van der Waals surface area contributed by atoms with Crippen molar-refractivity contribution in [2.45, 2.75) is 26.9 Å². The van der Waals surface area contributed by atoms with E-state index in [1.807, 2.05) is 44.2 Å². The van der Waals surface area contributed by atoms with Crippen LogP contribution in [-0.4, -0.2) is 44.1 Å². The van der Waals surface area contributed by atoms with Crippen molar-refractivity contribution in [1.82, 2.24) is 30.3 Å². The van der Waals surface area contributed by atoms with Crippen LogP contribution < -0.4 is 10.6 Å². The minimum absolute atomic E-state index is 0.0416. The lowest BCUT2D eigenvalue weighted by Crippen LogP contribution is -2.30. The Hall–Kier alpha value is -4.01. The summed E-state index contributed by atoms with van der Waals surface area (Å²) in [4.78, 5) is 41.3. The van der Waals surface area contributed by atoms with E-state index < -0.39 is 0 Å². The Morgan fingerprint density at radius 2 is 1.84 bits per heavy atom. The highest BCUT2D eigenvalue weighted by molar-refractivity contribution is 6.01. The Balaban J connectivity index is 1.33. The first-order valence-corrected chi connectivity index (χ1v) is 9.84. The number of nitrogens with zero attached hydrogens (tertiary/aromatic N) is 4. The highest BCUT2D eigenvalue weighted by Gasteiger charge is 2.28. The van der Waals surface area contributed by atoms with Crippen LogP contribution in [-0.2, 0) is 17.9 Å². The lowest BCUT2D eigenvalue weighted by molar-refractivity contribution is -0.125. The van der Waals surface area contributed by atoms with Crippen molar-refractivity contribution in [3.8, 4) is 5.82 Å². The topological polar surface area (TPSA) is 109 Å². The minimum atomic E-state index is -0.376. The van der Waals surface area contributed by atoms with E-state index in [9.17, 15) is 14.4 Å². The van der Waals surface area contributed by atoms with E-state index >= 15 is 0 Å². The summed E-state index contributed by atoms with van der Waals surface area (Å²) in [5, 5.41) is 9.75. The molecule has 9 heteroatoms. The molecule has 1 aliphatic heterocycles. The Kier molecular flexibility index (Phi) is 5.48. The van der Waals surface area contributed by atoms with Gasteiger partial charge in [0.05, 0.1) is 24.3 Å². The summed E-state index contributed by atoms with van der Waals surface area (Å²) in [5.74, 6) is 0.192. The van der Waals surface area contributed by atoms with Crippen LogP contribution in [0.4, 0.5) is 4.79 Å². The average molecular weight is 418 g/mol. The number of amides is 4. The molecular formula is C22H22N6O3. The maximum Gasteiger partial charge on any atom is 0.324 e. The third-order valence-corrected chi connectivity index (χ3v) is 4.99. The van der Waals surface area contributed by atoms with Gasteiger partial charge in [-0.1, -0.05) is 24.3 Å². The van der Waals surface area contributed by atoms with E-state index in [1.54, 1.807) is 16.8 Å². The molecule has 0 aliphatic carbocycles. The Labute approximate surface area is 179 Å². The van der Waals surface area contributed by atoms with Crippen LogP contribution >= 0.6 is 0 Å². The molecule has 2 aromatic heterocycles. The van der Waals surface area contributed by atoms with Gasteiger partial charge in [0.25, 0.3) is 5.91 Å². The van der Waals surface area contributed by atoms with E-state index in [2.05, 4.69) is 20.7 Å². The summed E-state index contributed by atoms with van der Waals surface area (Å²) in [7, 11) is 0. The van der Waals surface area contributed by atoms with Crippen molar-refractivity contribution in [1.29, 1.82) is 0 Å². The number of carbonyl (C=O) groups excluding carboxylic acids is 3. The normalized spacial score (nSPS) is 13.4. The predicted molar refractivity (Wildman–Crippen MR) is 112 cm³/mol. The van der Waals surface area contributed by atoms with Crippen molar-refractivity contribution >= 4 is 17.8 Å². The summed E-state index contributed by atoms with van der Waals surface area (Å²) >= 11 is 0. The monoisotopic (exact) mass is 418 g/mol. The van der Waals surface area contributed by atoms with Gasteiger partial charge < -0.3 is 10.6 Å². The van der Waals surface area contributed by atoms with E-state index in [0.29, 0.717) is 17.9 Å². The lowest BCUT2D eigenvalue weighted by Gasteiger charge is -2.13. The molecule has 2 N–H and O–H groups in total. The molecule has 0 bridgehead atoms. The molecule has 0 radical (unpaired) electrons. The fourth-order valence-electron chi connectivity index (χ4n) is 3.35. The van der Waals surface area contributed by atoms with Crippen LogP contribution in [0.5, 0.6) is 0 Å². The number of urea groups is 1. The van der Waals surface area contributed by atoms with Crippen molar-refractivity contribution < 1.29 is 14.4 Å². The Morgan fingerprint density at radius 1 is 1.10 bits per heavy atom. The molecule has 9 nitrogen and oxygen atoms in total. The van der Waals surface area contributed by atoms with Crippen LogP contribution in [0.3, 0.4) is 0 Å². The van der Waals surface area contributed by atoms with Gasteiger partial charge in [0.2, 0.25) is 5.91 Å². The number of carbonyl (C=O) groups is 3. The van der Waals surface area contributed by atoms with Crippen molar-refractivity contribution in [3.05, 3.63) is 76.7 Å². The van der Waals surface area contributed by atoms with Gasteiger partial charge in [-0.2, -0.15) is 5.10 Å². The van der Waals surface area contributed by atoms with Gasteiger partial charge in [-0.3, -0.25) is 14.5 Å². The molecule has 3 heterocycles. The molecule has 0 unspecified atom stereocenters. The molecule has 1 aromatic carbocycles. The van der Waals surface area contributed by atoms with Crippen LogP contribution in [0.1, 0.15) is 32.9 Å². The molecule has 3 aromatic rings. The first-order valence-electron chi connectivity index (χ1n) is 9.84. The van der Waals surface area contributed by atoms with Gasteiger partial charge in [-0.15, -0.1) is 0 Å². The molecule has 158 valence electrons. The molecule has 4 amide bonds. The quantitative estimate of drug-likeness (QED) is 0.594. The first kappa shape index (κ1) is 20.3. The zero-order valence-electron chi connectivity index (χ0n) is 17.3. The van der Waals surface area contributed by atoms with Gasteiger partial charge in [0.1, 0.15) is 0 Å². The number of imide groups is 1. The van der Waals surface area contributed by atoms with E-state index in [0.717, 1.165) is 22.5 Å². The number of hydrogen-bond acceptors (Lipinski definition) is 5. The molecule has 4 rings (SSSR count). The standard InChI is InChI=1S/C22H22N6O3/c1-14-9-15(2)28(26-14)19-8-7-18(11-23-19)21(30)24-10-16-3-5-17(6-4-16)13-27-20(29)12-25-22(27)31/h3-9,11H,10,12-13H2,1-2H3,(H,24,30)(H,25,31). The molecule has 1 saturated heterocycles. The highest BCUT2D eigenvalue weighted by Crippen LogP contribution is 2.12. The van der Waals surface area contributed by atoms with Crippen molar-refractivity contribution in [2.24, 2.45) is 0 Å². The highest BCUT2D eigenvalue weighted by atomic mass is 16.2. The number of nitrogens with one attached hydrogen (secondary N) is 2. The Bertz CT molecular complexity index is 1120.